The summed E-state index contributed by atoms with van der Waals surface area (Å²) >= 11 is 7.93. The van der Waals surface area contributed by atoms with Crippen molar-refractivity contribution < 1.29 is 4.74 Å². The number of halogens is 1. The summed E-state index contributed by atoms with van der Waals surface area (Å²) in [4.78, 5) is 6.18. The fourth-order valence-electron chi connectivity index (χ4n) is 3.04. The summed E-state index contributed by atoms with van der Waals surface area (Å²) in [7, 11) is 1.69. The van der Waals surface area contributed by atoms with Crippen LogP contribution in [0.15, 0.2) is 82.7 Å². The number of para-hydroxylation sites is 1. The van der Waals surface area contributed by atoms with Crippen LogP contribution in [0.5, 0.6) is 5.75 Å². The van der Waals surface area contributed by atoms with Crippen LogP contribution in [0.3, 0.4) is 0 Å². The lowest BCUT2D eigenvalue weighted by atomic mass is 10.0. The number of rotatable bonds is 3. The Kier molecular flexibility index (Phi) is 5.00. The molecular formula is C22H18ClNOS. The molecule has 1 aliphatic heterocycles. The molecule has 0 N–H and O–H groups in total. The summed E-state index contributed by atoms with van der Waals surface area (Å²) in [5, 5.41) is 1.03. The predicted octanol–water partition coefficient (Wildman–Crippen LogP) is 6.71. The smallest absolute Gasteiger partial charge is 0.118 e. The first-order valence-corrected chi connectivity index (χ1v) is 9.72. The van der Waals surface area contributed by atoms with Crippen LogP contribution in [-0.4, -0.2) is 12.8 Å². The first kappa shape index (κ1) is 17.2. The van der Waals surface area contributed by atoms with Gasteiger partial charge >= 0.3 is 0 Å². The number of fused-ring (bicyclic) bond motifs is 1. The molecule has 0 amide bonds. The Morgan fingerprint density at radius 3 is 2.42 bits per heavy atom. The molecule has 4 rings (SSSR count). The first-order chi connectivity index (χ1) is 12.7. The van der Waals surface area contributed by atoms with Crippen molar-refractivity contribution in [2.24, 2.45) is 4.99 Å². The van der Waals surface area contributed by atoms with Gasteiger partial charge in [0.2, 0.25) is 0 Å². The van der Waals surface area contributed by atoms with Gasteiger partial charge in [0, 0.05) is 27.3 Å². The summed E-state index contributed by atoms with van der Waals surface area (Å²) in [5.74, 6) is 0.874. The van der Waals surface area contributed by atoms with Gasteiger partial charge in [0.1, 0.15) is 5.75 Å². The molecule has 0 bridgehead atoms. The normalized spacial score (nSPS) is 16.4. The van der Waals surface area contributed by atoms with Crippen LogP contribution in [-0.2, 0) is 0 Å². The van der Waals surface area contributed by atoms with E-state index in [0.717, 1.165) is 34.2 Å². The van der Waals surface area contributed by atoms with Crippen molar-refractivity contribution in [1.82, 2.24) is 0 Å². The fraction of sp³-hybridized carbons (Fsp3) is 0.136. The molecule has 0 spiro atoms. The Bertz CT molecular complexity index is 935. The second-order valence-electron chi connectivity index (χ2n) is 6.12. The standard InChI is InChI=1S/C22H18ClNOS/c1-25-18-12-8-16(9-13-18)22-14-20(15-6-10-17(23)11-7-15)24-19-4-2-3-5-21(19)26-22/h2-13,22H,14H2,1H3/t22-/m0/s1. The lowest BCUT2D eigenvalue weighted by Crippen LogP contribution is -2.05. The van der Waals surface area contributed by atoms with E-state index in [1.165, 1.54) is 10.5 Å². The van der Waals surface area contributed by atoms with Gasteiger partial charge in [-0.3, -0.25) is 4.99 Å². The van der Waals surface area contributed by atoms with Gasteiger partial charge in [0.05, 0.1) is 12.8 Å². The number of ether oxygens (including phenoxy) is 1. The number of nitrogens with zero attached hydrogens (tertiary/aromatic N) is 1. The quantitative estimate of drug-likeness (QED) is 0.504. The fourth-order valence-corrected chi connectivity index (χ4v) is 4.40. The molecular weight excluding hydrogens is 362 g/mol. The average Bonchev–Trinajstić information content (AvgIpc) is 2.88. The Morgan fingerprint density at radius 2 is 1.69 bits per heavy atom. The van der Waals surface area contributed by atoms with E-state index in [1.807, 2.05) is 54.2 Å². The van der Waals surface area contributed by atoms with Crippen LogP contribution in [0.2, 0.25) is 5.02 Å². The molecule has 3 aromatic rings. The number of thioether (sulfide) groups is 1. The summed E-state index contributed by atoms with van der Waals surface area (Å²) in [6, 6.07) is 24.6. The summed E-state index contributed by atoms with van der Waals surface area (Å²) in [6.45, 7) is 0. The molecule has 1 atom stereocenters. The third kappa shape index (κ3) is 3.64. The average molecular weight is 380 g/mol. The third-order valence-corrected chi connectivity index (χ3v) is 6.01. The molecule has 4 heteroatoms. The molecule has 26 heavy (non-hydrogen) atoms. The van der Waals surface area contributed by atoms with Crippen LogP contribution in [0.25, 0.3) is 0 Å². The number of benzene rings is 3. The monoisotopic (exact) mass is 379 g/mol. The second kappa shape index (κ2) is 7.56. The topological polar surface area (TPSA) is 21.6 Å². The van der Waals surface area contributed by atoms with Gasteiger partial charge < -0.3 is 4.74 Å². The minimum Gasteiger partial charge on any atom is -0.497 e. The van der Waals surface area contributed by atoms with Crippen LogP contribution < -0.4 is 4.74 Å². The number of hydrogen-bond donors (Lipinski definition) is 0. The van der Waals surface area contributed by atoms with Gasteiger partial charge in [-0.1, -0.05) is 48.0 Å². The maximum atomic E-state index is 6.06. The molecule has 1 heterocycles. The molecule has 0 radical (unpaired) electrons. The van der Waals surface area contributed by atoms with E-state index in [4.69, 9.17) is 21.3 Å². The van der Waals surface area contributed by atoms with Gasteiger partial charge in [0.15, 0.2) is 0 Å². The van der Waals surface area contributed by atoms with Crippen molar-refractivity contribution in [3.8, 4) is 5.75 Å². The van der Waals surface area contributed by atoms with E-state index >= 15 is 0 Å². The van der Waals surface area contributed by atoms with Gasteiger partial charge in [-0.15, -0.1) is 11.8 Å². The van der Waals surface area contributed by atoms with Crippen molar-refractivity contribution in [2.45, 2.75) is 16.6 Å². The van der Waals surface area contributed by atoms with Gasteiger partial charge in [-0.25, -0.2) is 0 Å². The van der Waals surface area contributed by atoms with E-state index in [0.29, 0.717) is 5.25 Å². The van der Waals surface area contributed by atoms with Crippen molar-refractivity contribution in [2.75, 3.05) is 7.11 Å². The van der Waals surface area contributed by atoms with Crippen LogP contribution >= 0.6 is 23.4 Å². The molecule has 130 valence electrons. The van der Waals surface area contributed by atoms with E-state index < -0.39 is 0 Å². The van der Waals surface area contributed by atoms with E-state index in [1.54, 1.807) is 7.11 Å². The summed E-state index contributed by atoms with van der Waals surface area (Å²) < 4.78 is 5.30. The highest BCUT2D eigenvalue weighted by molar-refractivity contribution is 7.99. The zero-order valence-electron chi connectivity index (χ0n) is 14.4. The highest BCUT2D eigenvalue weighted by atomic mass is 35.5. The molecule has 0 saturated heterocycles. The zero-order valence-corrected chi connectivity index (χ0v) is 15.9. The van der Waals surface area contributed by atoms with Crippen molar-refractivity contribution in [3.05, 3.63) is 88.9 Å². The maximum absolute atomic E-state index is 6.06. The Morgan fingerprint density at radius 1 is 0.962 bits per heavy atom. The number of methoxy groups -OCH3 is 1. The van der Waals surface area contributed by atoms with E-state index in [9.17, 15) is 0 Å². The van der Waals surface area contributed by atoms with Gasteiger partial charge in [-0.2, -0.15) is 0 Å². The van der Waals surface area contributed by atoms with Crippen molar-refractivity contribution in [3.63, 3.8) is 0 Å². The largest absolute Gasteiger partial charge is 0.497 e. The highest BCUT2D eigenvalue weighted by Crippen LogP contribution is 2.45. The number of aliphatic imine (C=N–C) groups is 1. The molecule has 2 nitrogen and oxygen atoms in total. The lowest BCUT2D eigenvalue weighted by Gasteiger charge is -2.16. The van der Waals surface area contributed by atoms with Gasteiger partial charge in [0.25, 0.3) is 0 Å². The van der Waals surface area contributed by atoms with Crippen molar-refractivity contribution >= 4 is 34.8 Å². The Hall–Kier alpha value is -2.23. The van der Waals surface area contributed by atoms with E-state index in [-0.39, 0.29) is 0 Å². The minimum atomic E-state index is 0.291. The molecule has 0 unspecified atom stereocenters. The predicted molar refractivity (Wildman–Crippen MR) is 110 cm³/mol. The molecule has 0 saturated carbocycles. The number of hydrogen-bond acceptors (Lipinski definition) is 3. The maximum Gasteiger partial charge on any atom is 0.118 e. The molecule has 1 aliphatic rings. The summed E-state index contributed by atoms with van der Waals surface area (Å²) in [6.07, 6.45) is 0.854. The highest BCUT2D eigenvalue weighted by Gasteiger charge is 2.22. The van der Waals surface area contributed by atoms with Crippen molar-refractivity contribution in [1.29, 1.82) is 0 Å². The van der Waals surface area contributed by atoms with Gasteiger partial charge in [-0.05, 0) is 47.5 Å². The van der Waals surface area contributed by atoms with E-state index in [2.05, 4.69) is 30.3 Å². The van der Waals surface area contributed by atoms with Crippen LogP contribution in [0.4, 0.5) is 5.69 Å². The Balaban J connectivity index is 1.75. The Labute approximate surface area is 162 Å². The first-order valence-electron chi connectivity index (χ1n) is 8.46. The SMILES string of the molecule is COc1ccc([C@@H]2CC(c3ccc(Cl)cc3)=Nc3ccccc3S2)cc1. The summed E-state index contributed by atoms with van der Waals surface area (Å²) in [5.41, 5.74) is 4.50. The molecule has 3 aromatic carbocycles. The van der Waals surface area contributed by atoms with Crippen LogP contribution in [0.1, 0.15) is 22.8 Å². The minimum absolute atomic E-state index is 0.291. The molecule has 0 aliphatic carbocycles. The lowest BCUT2D eigenvalue weighted by molar-refractivity contribution is 0.414. The zero-order chi connectivity index (χ0) is 17.9. The molecule has 0 fully saturated rings. The third-order valence-electron chi connectivity index (χ3n) is 4.43. The second-order valence-corrected chi connectivity index (χ2v) is 7.80. The van der Waals surface area contributed by atoms with Crippen LogP contribution in [0, 0.1) is 0 Å². The molecule has 0 aromatic heterocycles.